The second-order valence-corrected chi connectivity index (χ2v) is 6.33. The van der Waals surface area contributed by atoms with Crippen molar-refractivity contribution in [3.05, 3.63) is 40.7 Å². The summed E-state index contributed by atoms with van der Waals surface area (Å²) in [5.74, 6) is 0.959. The number of aromatic nitrogens is 1. The first-order chi connectivity index (χ1) is 10.8. The van der Waals surface area contributed by atoms with E-state index in [2.05, 4.69) is 10.3 Å². The average Bonchev–Trinajstić information content (AvgIpc) is 3.03. The maximum atomic E-state index is 13.3. The van der Waals surface area contributed by atoms with Crippen LogP contribution in [0.25, 0.3) is 0 Å². The normalized spacial score (nSPS) is 15.7. The van der Waals surface area contributed by atoms with Gasteiger partial charge in [0, 0.05) is 36.4 Å². The number of benzene rings is 1. The Morgan fingerprint density at radius 2 is 2.23 bits per heavy atom. The minimum absolute atomic E-state index is 0.264. The summed E-state index contributed by atoms with van der Waals surface area (Å²) in [4.78, 5) is 5.71. The van der Waals surface area contributed by atoms with Gasteiger partial charge in [-0.15, -0.1) is 11.3 Å². The van der Waals surface area contributed by atoms with Crippen LogP contribution in [0.5, 0.6) is 5.75 Å². The number of nitrogens with zero attached hydrogens (tertiary/aromatic N) is 1. The molecule has 0 amide bonds. The van der Waals surface area contributed by atoms with Crippen LogP contribution >= 0.6 is 11.3 Å². The van der Waals surface area contributed by atoms with Crippen molar-refractivity contribution >= 4 is 16.5 Å². The van der Waals surface area contributed by atoms with Gasteiger partial charge < -0.3 is 14.8 Å². The fourth-order valence-corrected chi connectivity index (χ4v) is 3.58. The van der Waals surface area contributed by atoms with Crippen molar-refractivity contribution < 1.29 is 13.9 Å². The third-order valence-corrected chi connectivity index (χ3v) is 4.94. The summed E-state index contributed by atoms with van der Waals surface area (Å²) in [6, 6.07) is 4.52. The molecular weight excluding hydrogens is 303 g/mol. The van der Waals surface area contributed by atoms with E-state index in [1.807, 2.05) is 6.20 Å². The quantitative estimate of drug-likeness (QED) is 0.909. The molecular formula is C16H19FN2O2S. The summed E-state index contributed by atoms with van der Waals surface area (Å²) in [6.45, 7) is 2.14. The number of hydrogen-bond acceptors (Lipinski definition) is 5. The smallest absolute Gasteiger partial charge is 0.183 e. The van der Waals surface area contributed by atoms with Crippen molar-refractivity contribution in [2.24, 2.45) is 0 Å². The van der Waals surface area contributed by atoms with Crippen LogP contribution in [0, 0.1) is 5.82 Å². The van der Waals surface area contributed by atoms with E-state index in [0.29, 0.717) is 18.2 Å². The van der Waals surface area contributed by atoms with Crippen molar-refractivity contribution in [3.63, 3.8) is 0 Å². The molecule has 118 valence electrons. The number of nitrogens with one attached hydrogen (secondary N) is 1. The van der Waals surface area contributed by atoms with E-state index >= 15 is 0 Å². The molecule has 0 aliphatic carbocycles. The molecule has 0 radical (unpaired) electrons. The summed E-state index contributed by atoms with van der Waals surface area (Å²) in [5, 5.41) is 4.11. The molecule has 2 heterocycles. The highest BCUT2D eigenvalue weighted by atomic mass is 32.1. The molecule has 1 aliphatic heterocycles. The third kappa shape index (κ3) is 3.56. The standard InChI is InChI=1S/C16H19FN2O2S/c1-20-14-3-2-13(17)8-12(14)9-18-16-19-10-15(22-16)11-4-6-21-7-5-11/h2-3,8,10-11H,4-7,9H2,1H3,(H,18,19). The number of rotatable bonds is 5. The second kappa shape index (κ2) is 7.07. The van der Waals surface area contributed by atoms with Crippen LogP contribution in [0.1, 0.15) is 29.2 Å². The minimum Gasteiger partial charge on any atom is -0.496 e. The molecule has 0 spiro atoms. The van der Waals surface area contributed by atoms with Gasteiger partial charge in [-0.2, -0.15) is 0 Å². The van der Waals surface area contributed by atoms with Crippen LogP contribution < -0.4 is 10.1 Å². The van der Waals surface area contributed by atoms with Crippen molar-refractivity contribution in [2.45, 2.75) is 25.3 Å². The largest absolute Gasteiger partial charge is 0.496 e. The van der Waals surface area contributed by atoms with Crippen LogP contribution in [0.2, 0.25) is 0 Å². The fourth-order valence-electron chi connectivity index (χ4n) is 2.60. The topological polar surface area (TPSA) is 43.4 Å². The minimum atomic E-state index is -0.264. The van der Waals surface area contributed by atoms with E-state index in [9.17, 15) is 4.39 Å². The lowest BCUT2D eigenvalue weighted by atomic mass is 9.99. The van der Waals surface area contributed by atoms with Gasteiger partial charge in [-0.25, -0.2) is 9.37 Å². The van der Waals surface area contributed by atoms with Crippen LogP contribution in [0.4, 0.5) is 9.52 Å². The first-order valence-electron chi connectivity index (χ1n) is 7.36. The maximum absolute atomic E-state index is 13.3. The highest BCUT2D eigenvalue weighted by Crippen LogP contribution is 2.33. The molecule has 1 N–H and O–H groups in total. The summed E-state index contributed by atoms with van der Waals surface area (Å²) >= 11 is 1.66. The van der Waals surface area contributed by atoms with E-state index < -0.39 is 0 Å². The van der Waals surface area contributed by atoms with Crippen molar-refractivity contribution in [3.8, 4) is 5.75 Å². The molecule has 1 aromatic heterocycles. The first kappa shape index (κ1) is 15.2. The van der Waals surface area contributed by atoms with Crippen LogP contribution in [0.15, 0.2) is 24.4 Å². The molecule has 2 aromatic rings. The number of anilines is 1. The molecule has 0 unspecified atom stereocenters. The van der Waals surface area contributed by atoms with E-state index in [1.165, 1.54) is 17.0 Å². The van der Waals surface area contributed by atoms with Gasteiger partial charge in [0.25, 0.3) is 0 Å². The van der Waals surface area contributed by atoms with Gasteiger partial charge in [0.2, 0.25) is 0 Å². The molecule has 1 aliphatic rings. The maximum Gasteiger partial charge on any atom is 0.183 e. The van der Waals surface area contributed by atoms with Crippen molar-refractivity contribution in [2.75, 3.05) is 25.6 Å². The Labute approximate surface area is 133 Å². The predicted octanol–water partition coefficient (Wildman–Crippen LogP) is 3.80. The molecule has 0 atom stereocenters. The predicted molar refractivity (Wildman–Crippen MR) is 85.2 cm³/mol. The fraction of sp³-hybridized carbons (Fsp3) is 0.438. The molecule has 1 fully saturated rings. The summed E-state index contributed by atoms with van der Waals surface area (Å²) < 4.78 is 24.0. The molecule has 0 saturated carbocycles. The molecule has 0 bridgehead atoms. The number of thiazole rings is 1. The van der Waals surface area contributed by atoms with Crippen molar-refractivity contribution in [1.29, 1.82) is 0 Å². The highest BCUT2D eigenvalue weighted by Gasteiger charge is 2.18. The zero-order valence-electron chi connectivity index (χ0n) is 12.5. The van der Waals surface area contributed by atoms with E-state index in [1.54, 1.807) is 24.5 Å². The third-order valence-electron chi connectivity index (χ3n) is 3.82. The monoisotopic (exact) mass is 322 g/mol. The van der Waals surface area contributed by atoms with Gasteiger partial charge in [0.05, 0.1) is 7.11 Å². The van der Waals surface area contributed by atoms with Gasteiger partial charge in [0.1, 0.15) is 11.6 Å². The zero-order chi connectivity index (χ0) is 15.4. The number of ether oxygens (including phenoxy) is 2. The molecule has 3 rings (SSSR count). The zero-order valence-corrected chi connectivity index (χ0v) is 13.3. The number of hydrogen-bond donors (Lipinski definition) is 1. The average molecular weight is 322 g/mol. The van der Waals surface area contributed by atoms with Crippen molar-refractivity contribution in [1.82, 2.24) is 4.98 Å². The molecule has 6 heteroatoms. The summed E-state index contributed by atoms with van der Waals surface area (Å²) in [5.41, 5.74) is 0.783. The Hall–Kier alpha value is -1.66. The summed E-state index contributed by atoms with van der Waals surface area (Å²) in [7, 11) is 1.59. The van der Waals surface area contributed by atoms with Gasteiger partial charge in [-0.3, -0.25) is 0 Å². The van der Waals surface area contributed by atoms with E-state index in [0.717, 1.165) is 36.8 Å². The van der Waals surface area contributed by atoms with Gasteiger partial charge >= 0.3 is 0 Å². The first-order valence-corrected chi connectivity index (χ1v) is 8.17. The Kier molecular flexibility index (Phi) is 4.90. The molecule has 1 aromatic carbocycles. The number of methoxy groups -OCH3 is 1. The van der Waals surface area contributed by atoms with Gasteiger partial charge in [-0.1, -0.05) is 0 Å². The lowest BCUT2D eigenvalue weighted by molar-refractivity contribution is 0.0860. The van der Waals surface area contributed by atoms with E-state index in [-0.39, 0.29) is 5.82 Å². The van der Waals surface area contributed by atoms with E-state index in [4.69, 9.17) is 9.47 Å². The Bertz CT molecular complexity index is 626. The Balaban J connectivity index is 1.64. The number of halogens is 1. The van der Waals surface area contributed by atoms with Gasteiger partial charge in [0.15, 0.2) is 5.13 Å². The lowest BCUT2D eigenvalue weighted by Crippen LogP contribution is -2.12. The lowest BCUT2D eigenvalue weighted by Gasteiger charge is -2.20. The van der Waals surface area contributed by atoms with Gasteiger partial charge in [-0.05, 0) is 37.0 Å². The Morgan fingerprint density at radius 1 is 1.41 bits per heavy atom. The van der Waals surface area contributed by atoms with Crippen LogP contribution in [-0.4, -0.2) is 25.3 Å². The Morgan fingerprint density at radius 3 is 3.00 bits per heavy atom. The summed E-state index contributed by atoms with van der Waals surface area (Å²) in [6.07, 6.45) is 4.05. The SMILES string of the molecule is COc1ccc(F)cc1CNc1ncc(C2CCOCC2)s1. The second-order valence-electron chi connectivity index (χ2n) is 5.26. The molecule has 1 saturated heterocycles. The highest BCUT2D eigenvalue weighted by molar-refractivity contribution is 7.15. The van der Waals surface area contributed by atoms with Crippen LogP contribution in [-0.2, 0) is 11.3 Å². The molecule has 22 heavy (non-hydrogen) atoms. The molecule has 4 nitrogen and oxygen atoms in total. The van der Waals surface area contributed by atoms with Crippen LogP contribution in [0.3, 0.4) is 0 Å².